The standard InChI is InChI=1S/C25H30N2O5/c1-16(22(28)29)14-27-23(30)25(2,3)12-13-26-24(31)32-15-21-19-10-6-4-8-17(19)18-9-5-7-11-20(18)21/h4-11,16,21H,12-15H2,1-3H3,(H,26,31)(H,27,30)(H,28,29). The summed E-state index contributed by atoms with van der Waals surface area (Å²) < 4.78 is 5.50. The van der Waals surface area contributed by atoms with Crippen LogP contribution in [0.3, 0.4) is 0 Å². The van der Waals surface area contributed by atoms with Crippen molar-refractivity contribution in [1.82, 2.24) is 10.6 Å². The van der Waals surface area contributed by atoms with Gasteiger partial charge in [-0.1, -0.05) is 69.3 Å². The Labute approximate surface area is 188 Å². The maximum absolute atomic E-state index is 12.4. The zero-order valence-electron chi connectivity index (χ0n) is 18.7. The lowest BCUT2D eigenvalue weighted by Crippen LogP contribution is -2.42. The fraction of sp³-hybridized carbons (Fsp3) is 0.400. The number of carboxylic acid groups (broad SMARTS) is 1. The van der Waals surface area contributed by atoms with E-state index < -0.39 is 23.4 Å². The van der Waals surface area contributed by atoms with E-state index in [9.17, 15) is 14.4 Å². The van der Waals surface area contributed by atoms with Crippen LogP contribution in [0.2, 0.25) is 0 Å². The zero-order chi connectivity index (χ0) is 23.3. The summed E-state index contributed by atoms with van der Waals surface area (Å²) in [6, 6.07) is 16.3. The number of aliphatic carboxylic acids is 1. The third kappa shape index (κ3) is 5.28. The molecule has 0 saturated heterocycles. The number of carbonyl (C=O) groups excluding carboxylic acids is 2. The van der Waals surface area contributed by atoms with Gasteiger partial charge in [0.25, 0.3) is 0 Å². The van der Waals surface area contributed by atoms with Gasteiger partial charge in [-0.15, -0.1) is 0 Å². The molecule has 0 aromatic heterocycles. The van der Waals surface area contributed by atoms with E-state index in [4.69, 9.17) is 9.84 Å². The van der Waals surface area contributed by atoms with Gasteiger partial charge < -0.3 is 20.5 Å². The molecule has 1 aliphatic carbocycles. The quantitative estimate of drug-likeness (QED) is 0.553. The Kier molecular flexibility index (Phi) is 7.18. The van der Waals surface area contributed by atoms with Gasteiger partial charge in [-0.25, -0.2) is 4.79 Å². The summed E-state index contributed by atoms with van der Waals surface area (Å²) in [5.74, 6) is -1.87. The van der Waals surface area contributed by atoms with Gasteiger partial charge in [0, 0.05) is 24.4 Å². The number of rotatable bonds is 9. The summed E-state index contributed by atoms with van der Waals surface area (Å²) in [5, 5.41) is 14.3. The fourth-order valence-electron chi connectivity index (χ4n) is 3.81. The fourth-order valence-corrected chi connectivity index (χ4v) is 3.81. The minimum atomic E-state index is -0.958. The van der Waals surface area contributed by atoms with Crippen LogP contribution in [0.5, 0.6) is 0 Å². The second-order valence-corrected chi connectivity index (χ2v) is 8.84. The molecule has 1 unspecified atom stereocenters. The molecular weight excluding hydrogens is 408 g/mol. The molecule has 7 heteroatoms. The number of alkyl carbamates (subject to hydrolysis) is 1. The van der Waals surface area contributed by atoms with Crippen LogP contribution in [0.25, 0.3) is 11.1 Å². The SMILES string of the molecule is CC(CNC(=O)C(C)(C)CCNC(=O)OCC1c2ccccc2-c2ccccc21)C(=O)O. The van der Waals surface area contributed by atoms with Crippen LogP contribution < -0.4 is 10.6 Å². The number of benzene rings is 2. The molecule has 170 valence electrons. The van der Waals surface area contributed by atoms with Crippen molar-refractivity contribution in [3.63, 3.8) is 0 Å². The molecule has 0 spiro atoms. The lowest BCUT2D eigenvalue weighted by Gasteiger charge is -2.24. The van der Waals surface area contributed by atoms with Gasteiger partial charge in [0.1, 0.15) is 6.61 Å². The molecule has 2 aromatic carbocycles. The largest absolute Gasteiger partial charge is 0.481 e. The summed E-state index contributed by atoms with van der Waals surface area (Å²) in [4.78, 5) is 35.5. The van der Waals surface area contributed by atoms with Crippen molar-refractivity contribution < 1.29 is 24.2 Å². The number of nitrogens with one attached hydrogen (secondary N) is 2. The van der Waals surface area contributed by atoms with E-state index >= 15 is 0 Å². The summed E-state index contributed by atoms with van der Waals surface area (Å²) in [6.07, 6.45) is -0.132. The van der Waals surface area contributed by atoms with Gasteiger partial charge in [-0.05, 0) is 28.7 Å². The minimum absolute atomic E-state index is 0.00778. The van der Waals surface area contributed by atoms with Crippen LogP contribution in [0, 0.1) is 11.3 Å². The van der Waals surface area contributed by atoms with Crippen molar-refractivity contribution in [3.8, 4) is 11.1 Å². The molecule has 0 fully saturated rings. The molecule has 3 rings (SSSR count). The molecule has 0 saturated carbocycles. The summed E-state index contributed by atoms with van der Waals surface area (Å²) in [7, 11) is 0. The Balaban J connectivity index is 1.48. The second-order valence-electron chi connectivity index (χ2n) is 8.84. The van der Waals surface area contributed by atoms with Crippen molar-refractivity contribution in [2.45, 2.75) is 33.1 Å². The van der Waals surface area contributed by atoms with Gasteiger partial charge in [0.05, 0.1) is 5.92 Å². The molecule has 32 heavy (non-hydrogen) atoms. The molecule has 1 atom stereocenters. The third-order valence-corrected chi connectivity index (χ3v) is 5.97. The smallest absolute Gasteiger partial charge is 0.407 e. The molecule has 2 aromatic rings. The van der Waals surface area contributed by atoms with Crippen LogP contribution in [0.4, 0.5) is 4.79 Å². The third-order valence-electron chi connectivity index (χ3n) is 5.97. The molecule has 3 N–H and O–H groups in total. The summed E-state index contributed by atoms with van der Waals surface area (Å²) in [6.45, 7) is 5.62. The van der Waals surface area contributed by atoms with E-state index in [1.807, 2.05) is 24.3 Å². The highest BCUT2D eigenvalue weighted by atomic mass is 16.5. The number of hydrogen-bond donors (Lipinski definition) is 3. The molecule has 1 aliphatic rings. The maximum Gasteiger partial charge on any atom is 0.407 e. The molecule has 2 amide bonds. The highest BCUT2D eigenvalue weighted by molar-refractivity contribution is 5.82. The van der Waals surface area contributed by atoms with Gasteiger partial charge in [-0.2, -0.15) is 0 Å². The Morgan fingerprint density at radius 2 is 1.56 bits per heavy atom. The second kappa shape index (κ2) is 9.85. The monoisotopic (exact) mass is 438 g/mol. The molecular formula is C25H30N2O5. The van der Waals surface area contributed by atoms with Gasteiger partial charge >= 0.3 is 12.1 Å². The van der Waals surface area contributed by atoms with E-state index in [1.54, 1.807) is 13.8 Å². The lowest BCUT2D eigenvalue weighted by molar-refractivity contribution is -0.141. The van der Waals surface area contributed by atoms with Crippen LogP contribution in [-0.4, -0.2) is 42.8 Å². The number of ether oxygens (including phenoxy) is 1. The molecule has 7 nitrogen and oxygen atoms in total. The first kappa shape index (κ1) is 23.3. The van der Waals surface area contributed by atoms with Crippen molar-refractivity contribution >= 4 is 18.0 Å². The van der Waals surface area contributed by atoms with Crippen LogP contribution >= 0.6 is 0 Å². The average molecular weight is 439 g/mol. The number of amides is 2. The highest BCUT2D eigenvalue weighted by Gasteiger charge is 2.30. The van der Waals surface area contributed by atoms with Crippen molar-refractivity contribution in [2.75, 3.05) is 19.7 Å². The predicted molar refractivity (Wildman–Crippen MR) is 121 cm³/mol. The van der Waals surface area contributed by atoms with E-state index in [2.05, 4.69) is 34.9 Å². The first-order valence-corrected chi connectivity index (χ1v) is 10.8. The number of hydrogen-bond acceptors (Lipinski definition) is 4. The van der Waals surface area contributed by atoms with Crippen molar-refractivity contribution in [2.24, 2.45) is 11.3 Å². The van der Waals surface area contributed by atoms with E-state index in [0.717, 1.165) is 11.1 Å². The number of carbonyl (C=O) groups is 3. The van der Waals surface area contributed by atoms with Crippen LogP contribution in [-0.2, 0) is 14.3 Å². The molecule has 0 aliphatic heterocycles. The Bertz CT molecular complexity index is 956. The summed E-state index contributed by atoms with van der Waals surface area (Å²) in [5.41, 5.74) is 3.88. The van der Waals surface area contributed by atoms with Crippen LogP contribution in [0.1, 0.15) is 44.2 Å². The normalized spacial score (nSPS) is 13.6. The molecule has 0 heterocycles. The van der Waals surface area contributed by atoms with E-state index in [1.165, 1.54) is 18.1 Å². The van der Waals surface area contributed by atoms with E-state index in [-0.39, 0.29) is 31.5 Å². The summed E-state index contributed by atoms with van der Waals surface area (Å²) >= 11 is 0. The lowest BCUT2D eigenvalue weighted by atomic mass is 9.88. The topological polar surface area (TPSA) is 105 Å². The van der Waals surface area contributed by atoms with Crippen molar-refractivity contribution in [1.29, 1.82) is 0 Å². The Morgan fingerprint density at radius 1 is 1.00 bits per heavy atom. The van der Waals surface area contributed by atoms with Gasteiger partial charge in [0.15, 0.2) is 0 Å². The highest BCUT2D eigenvalue weighted by Crippen LogP contribution is 2.44. The minimum Gasteiger partial charge on any atom is -0.481 e. The van der Waals surface area contributed by atoms with Crippen molar-refractivity contribution in [3.05, 3.63) is 59.7 Å². The molecule has 0 bridgehead atoms. The van der Waals surface area contributed by atoms with Crippen LogP contribution in [0.15, 0.2) is 48.5 Å². The zero-order valence-corrected chi connectivity index (χ0v) is 18.7. The number of fused-ring (bicyclic) bond motifs is 3. The molecule has 0 radical (unpaired) electrons. The van der Waals surface area contributed by atoms with E-state index in [0.29, 0.717) is 6.42 Å². The Hall–Kier alpha value is -3.35. The number of carboxylic acids is 1. The first-order chi connectivity index (χ1) is 15.2. The van der Waals surface area contributed by atoms with Gasteiger partial charge in [-0.3, -0.25) is 9.59 Å². The predicted octanol–water partition coefficient (Wildman–Crippen LogP) is 3.78. The van der Waals surface area contributed by atoms with Gasteiger partial charge in [0.2, 0.25) is 5.91 Å². The average Bonchev–Trinajstić information content (AvgIpc) is 3.09. The maximum atomic E-state index is 12.4. The first-order valence-electron chi connectivity index (χ1n) is 10.8. The Morgan fingerprint density at radius 3 is 2.12 bits per heavy atom.